The Kier molecular flexibility index (Phi) is 3.22. The van der Waals surface area contributed by atoms with E-state index in [1.165, 1.54) is 19.3 Å². The number of nitrogens with one attached hydrogen (secondary N) is 1. The average molecular weight is 255 g/mol. The average Bonchev–Trinajstić information content (AvgIpc) is 2.91. The summed E-state index contributed by atoms with van der Waals surface area (Å²) in [4.78, 5) is 16.4. The maximum atomic E-state index is 12.1. The number of rotatable bonds is 2. The van der Waals surface area contributed by atoms with Crippen LogP contribution in [0.15, 0.2) is 18.2 Å². The second kappa shape index (κ2) is 5.02. The minimum atomic E-state index is 0.117. The Hall–Kier alpha value is -1.86. The number of aromatic nitrogens is 1. The van der Waals surface area contributed by atoms with E-state index in [1.807, 2.05) is 12.1 Å². The minimum absolute atomic E-state index is 0.117. The summed E-state index contributed by atoms with van der Waals surface area (Å²) in [6.45, 7) is 0.309. The Morgan fingerprint density at radius 2 is 2.21 bits per heavy atom. The first-order valence-electron chi connectivity index (χ1n) is 6.76. The SMILES string of the molecule is NCC#Cc1cccc(NC(=O)C2C3CCCC32)n1. The van der Waals surface area contributed by atoms with Crippen LogP contribution < -0.4 is 11.1 Å². The van der Waals surface area contributed by atoms with E-state index < -0.39 is 0 Å². The van der Waals surface area contributed by atoms with Crippen molar-refractivity contribution in [2.75, 3.05) is 11.9 Å². The summed E-state index contributed by atoms with van der Waals surface area (Å²) in [7, 11) is 0. The molecule has 3 rings (SSSR count). The number of nitrogens with two attached hydrogens (primary N) is 1. The minimum Gasteiger partial charge on any atom is -0.320 e. The molecule has 19 heavy (non-hydrogen) atoms. The summed E-state index contributed by atoms with van der Waals surface area (Å²) in [5.74, 6) is 7.79. The van der Waals surface area contributed by atoms with Crippen molar-refractivity contribution in [2.24, 2.45) is 23.5 Å². The normalized spacial score (nSPS) is 27.1. The van der Waals surface area contributed by atoms with Gasteiger partial charge in [-0.3, -0.25) is 4.79 Å². The molecule has 2 atom stereocenters. The summed E-state index contributed by atoms with van der Waals surface area (Å²) in [6, 6.07) is 5.45. The Morgan fingerprint density at radius 1 is 1.42 bits per heavy atom. The lowest BCUT2D eigenvalue weighted by Crippen LogP contribution is -2.17. The van der Waals surface area contributed by atoms with Crippen LogP contribution in [0.1, 0.15) is 25.0 Å². The number of carbonyl (C=O) groups excluding carboxylic acids is 1. The molecule has 2 aliphatic rings. The van der Waals surface area contributed by atoms with Gasteiger partial charge in [-0.2, -0.15) is 0 Å². The van der Waals surface area contributed by atoms with Crippen LogP contribution in [-0.4, -0.2) is 17.4 Å². The molecule has 3 N–H and O–H groups in total. The van der Waals surface area contributed by atoms with Crippen molar-refractivity contribution in [3.63, 3.8) is 0 Å². The van der Waals surface area contributed by atoms with Crippen LogP contribution in [0.2, 0.25) is 0 Å². The summed E-state index contributed by atoms with van der Waals surface area (Å²) in [6.07, 6.45) is 3.69. The molecule has 2 fully saturated rings. The molecule has 1 heterocycles. The van der Waals surface area contributed by atoms with Crippen LogP contribution in [0.3, 0.4) is 0 Å². The van der Waals surface area contributed by atoms with Crippen molar-refractivity contribution < 1.29 is 4.79 Å². The second-order valence-corrected chi connectivity index (χ2v) is 5.19. The van der Waals surface area contributed by atoms with Crippen molar-refractivity contribution in [3.8, 4) is 11.8 Å². The van der Waals surface area contributed by atoms with Crippen LogP contribution >= 0.6 is 0 Å². The maximum Gasteiger partial charge on any atom is 0.229 e. The predicted molar refractivity (Wildman–Crippen MR) is 73.1 cm³/mol. The van der Waals surface area contributed by atoms with Gasteiger partial charge in [0, 0.05) is 5.92 Å². The number of anilines is 1. The molecule has 0 bridgehead atoms. The van der Waals surface area contributed by atoms with Gasteiger partial charge in [-0.25, -0.2) is 4.98 Å². The Morgan fingerprint density at radius 3 is 2.95 bits per heavy atom. The van der Waals surface area contributed by atoms with Gasteiger partial charge >= 0.3 is 0 Å². The molecule has 0 saturated heterocycles. The molecule has 1 amide bonds. The fraction of sp³-hybridized carbons (Fsp3) is 0.467. The lowest BCUT2D eigenvalue weighted by atomic mass is 10.1. The maximum absolute atomic E-state index is 12.1. The molecule has 2 unspecified atom stereocenters. The largest absolute Gasteiger partial charge is 0.320 e. The van der Waals surface area contributed by atoms with E-state index in [4.69, 9.17) is 5.73 Å². The van der Waals surface area contributed by atoms with Gasteiger partial charge in [-0.05, 0) is 42.7 Å². The molecule has 1 aromatic heterocycles. The van der Waals surface area contributed by atoms with E-state index in [2.05, 4.69) is 22.1 Å². The lowest BCUT2D eigenvalue weighted by molar-refractivity contribution is -0.118. The molecule has 0 spiro atoms. The quantitative estimate of drug-likeness (QED) is 0.784. The van der Waals surface area contributed by atoms with Gasteiger partial charge in [-0.1, -0.05) is 18.4 Å². The molecule has 1 aromatic rings. The predicted octanol–water partition coefficient (Wildman–Crippen LogP) is 1.38. The van der Waals surface area contributed by atoms with Gasteiger partial charge in [0.25, 0.3) is 0 Å². The highest BCUT2D eigenvalue weighted by molar-refractivity contribution is 5.94. The zero-order valence-electron chi connectivity index (χ0n) is 10.7. The highest BCUT2D eigenvalue weighted by Crippen LogP contribution is 2.57. The molecule has 98 valence electrons. The van der Waals surface area contributed by atoms with E-state index >= 15 is 0 Å². The second-order valence-electron chi connectivity index (χ2n) is 5.19. The first kappa shape index (κ1) is 12.2. The molecule has 4 heteroatoms. The number of hydrogen-bond acceptors (Lipinski definition) is 3. The molecule has 2 saturated carbocycles. The highest BCUT2D eigenvalue weighted by Gasteiger charge is 2.56. The van der Waals surface area contributed by atoms with E-state index in [0.717, 1.165) is 0 Å². The number of nitrogens with zero attached hydrogens (tertiary/aromatic N) is 1. The van der Waals surface area contributed by atoms with Crippen molar-refractivity contribution in [1.82, 2.24) is 4.98 Å². The summed E-state index contributed by atoms with van der Waals surface area (Å²) in [5, 5.41) is 2.90. The van der Waals surface area contributed by atoms with E-state index in [9.17, 15) is 4.79 Å². The van der Waals surface area contributed by atoms with Crippen molar-refractivity contribution in [1.29, 1.82) is 0 Å². The number of pyridine rings is 1. The van der Waals surface area contributed by atoms with Gasteiger partial charge in [0.05, 0.1) is 6.54 Å². The van der Waals surface area contributed by atoms with Crippen LogP contribution in [0.5, 0.6) is 0 Å². The van der Waals surface area contributed by atoms with Crippen molar-refractivity contribution in [2.45, 2.75) is 19.3 Å². The van der Waals surface area contributed by atoms with Crippen LogP contribution in [0, 0.1) is 29.6 Å². The first-order chi connectivity index (χ1) is 9.29. The smallest absolute Gasteiger partial charge is 0.229 e. The van der Waals surface area contributed by atoms with E-state index in [-0.39, 0.29) is 11.8 Å². The third kappa shape index (κ3) is 2.47. The molecule has 4 nitrogen and oxygen atoms in total. The monoisotopic (exact) mass is 255 g/mol. The van der Waals surface area contributed by atoms with Gasteiger partial charge in [0.15, 0.2) is 0 Å². The van der Waals surface area contributed by atoms with Crippen LogP contribution in [0.25, 0.3) is 0 Å². The van der Waals surface area contributed by atoms with Crippen molar-refractivity contribution in [3.05, 3.63) is 23.9 Å². The van der Waals surface area contributed by atoms with E-state index in [1.54, 1.807) is 6.07 Å². The fourth-order valence-electron chi connectivity index (χ4n) is 3.14. The van der Waals surface area contributed by atoms with Crippen LogP contribution in [0.4, 0.5) is 5.82 Å². The number of carbonyl (C=O) groups is 1. The summed E-state index contributed by atoms with van der Waals surface area (Å²) < 4.78 is 0. The summed E-state index contributed by atoms with van der Waals surface area (Å²) >= 11 is 0. The third-order valence-corrected chi connectivity index (χ3v) is 4.03. The third-order valence-electron chi connectivity index (χ3n) is 4.03. The summed E-state index contributed by atoms with van der Waals surface area (Å²) in [5.41, 5.74) is 5.96. The molecular formula is C15H17N3O. The zero-order valence-corrected chi connectivity index (χ0v) is 10.7. The van der Waals surface area contributed by atoms with Gasteiger partial charge < -0.3 is 11.1 Å². The van der Waals surface area contributed by atoms with Gasteiger partial charge in [0.2, 0.25) is 5.91 Å². The molecule has 0 aliphatic heterocycles. The highest BCUT2D eigenvalue weighted by atomic mass is 16.2. The number of hydrogen-bond donors (Lipinski definition) is 2. The van der Waals surface area contributed by atoms with Crippen molar-refractivity contribution >= 4 is 11.7 Å². The first-order valence-corrected chi connectivity index (χ1v) is 6.76. The van der Waals surface area contributed by atoms with Gasteiger partial charge in [-0.15, -0.1) is 0 Å². The van der Waals surface area contributed by atoms with Gasteiger partial charge in [0.1, 0.15) is 11.5 Å². The standard InChI is InChI=1S/C15H17N3O/c16-9-3-5-10-4-1-8-13(17-10)18-15(19)14-11-6-2-7-12(11)14/h1,4,8,11-12,14H,2,6-7,9,16H2,(H,17,18,19). The zero-order chi connectivity index (χ0) is 13.2. The lowest BCUT2D eigenvalue weighted by Gasteiger charge is -2.05. The molecule has 0 radical (unpaired) electrons. The fourth-order valence-corrected chi connectivity index (χ4v) is 3.14. The molecular weight excluding hydrogens is 238 g/mol. The molecule has 0 aromatic carbocycles. The Labute approximate surface area is 112 Å². The Bertz CT molecular complexity index is 548. The number of amides is 1. The number of fused-ring (bicyclic) bond motifs is 1. The topological polar surface area (TPSA) is 68.0 Å². The van der Waals surface area contributed by atoms with E-state index in [0.29, 0.717) is 29.9 Å². The Balaban J connectivity index is 1.65. The molecule has 2 aliphatic carbocycles. The van der Waals surface area contributed by atoms with Crippen LogP contribution in [-0.2, 0) is 4.79 Å².